The van der Waals surface area contributed by atoms with Crippen LogP contribution >= 0.6 is 0 Å². The van der Waals surface area contributed by atoms with Crippen LogP contribution < -0.4 is 5.73 Å². The standard InChI is InChI=1S/C7H17NO3S/c1-6(2)5-7(3-4-8)11-12(9)10/h6-7,12H,3-5,8H2,1-2H3. The molecular formula is C7H17NO3S. The third-order valence-electron chi connectivity index (χ3n) is 1.46. The Labute approximate surface area is 75.2 Å². The summed E-state index contributed by atoms with van der Waals surface area (Å²) < 4.78 is 25.2. The Morgan fingerprint density at radius 3 is 2.33 bits per heavy atom. The fraction of sp³-hybridized carbons (Fsp3) is 1.00. The topological polar surface area (TPSA) is 69.4 Å². The van der Waals surface area contributed by atoms with E-state index in [1.165, 1.54) is 0 Å². The Morgan fingerprint density at radius 2 is 2.00 bits per heavy atom. The zero-order valence-corrected chi connectivity index (χ0v) is 8.42. The first-order chi connectivity index (χ1) is 5.56. The Hall–Kier alpha value is -0.130. The predicted molar refractivity (Wildman–Crippen MR) is 48.3 cm³/mol. The minimum atomic E-state index is -2.74. The molecule has 0 aliphatic rings. The normalized spacial score (nSPS) is 14.1. The summed E-state index contributed by atoms with van der Waals surface area (Å²) in [4.78, 5) is 0. The fourth-order valence-electron chi connectivity index (χ4n) is 1.05. The highest BCUT2D eigenvalue weighted by atomic mass is 32.2. The molecule has 0 spiro atoms. The molecule has 0 amide bonds. The van der Waals surface area contributed by atoms with E-state index in [0.717, 1.165) is 6.42 Å². The SMILES string of the molecule is CC(C)CC(CCN)O[SH](=O)=O. The fourth-order valence-corrected chi connectivity index (χ4v) is 1.48. The second-order valence-corrected chi connectivity index (χ2v) is 3.82. The van der Waals surface area contributed by atoms with Gasteiger partial charge in [0.2, 0.25) is 0 Å². The molecule has 0 aromatic rings. The molecule has 0 aromatic heterocycles. The highest BCUT2D eigenvalue weighted by Gasteiger charge is 2.11. The Balaban J connectivity index is 3.85. The summed E-state index contributed by atoms with van der Waals surface area (Å²) in [6.07, 6.45) is 1.10. The van der Waals surface area contributed by atoms with E-state index in [9.17, 15) is 8.42 Å². The van der Waals surface area contributed by atoms with Crippen molar-refractivity contribution in [1.29, 1.82) is 0 Å². The van der Waals surface area contributed by atoms with E-state index in [-0.39, 0.29) is 6.10 Å². The van der Waals surface area contributed by atoms with Crippen LogP contribution in [0.2, 0.25) is 0 Å². The number of thiol groups is 1. The molecule has 0 aliphatic heterocycles. The third kappa shape index (κ3) is 6.57. The van der Waals surface area contributed by atoms with Crippen LogP contribution in [0.15, 0.2) is 0 Å². The Bertz CT molecular complexity index is 171. The summed E-state index contributed by atoms with van der Waals surface area (Å²) in [5.41, 5.74) is 5.30. The highest BCUT2D eigenvalue weighted by molar-refractivity contribution is 7.67. The van der Waals surface area contributed by atoms with Crippen molar-refractivity contribution < 1.29 is 12.6 Å². The van der Waals surface area contributed by atoms with Crippen molar-refractivity contribution in [2.75, 3.05) is 6.54 Å². The van der Waals surface area contributed by atoms with Gasteiger partial charge in [0.05, 0.1) is 6.10 Å². The predicted octanol–water partition coefficient (Wildman–Crippen LogP) is 0.293. The smallest absolute Gasteiger partial charge is 0.257 e. The van der Waals surface area contributed by atoms with Crippen LogP contribution in [0.25, 0.3) is 0 Å². The molecule has 0 aromatic carbocycles. The first-order valence-corrected chi connectivity index (χ1v) is 5.17. The molecule has 2 N–H and O–H groups in total. The van der Waals surface area contributed by atoms with E-state index in [4.69, 9.17) is 5.73 Å². The average molecular weight is 195 g/mol. The molecule has 0 fully saturated rings. The monoisotopic (exact) mass is 195 g/mol. The maximum Gasteiger partial charge on any atom is 0.257 e. The lowest BCUT2D eigenvalue weighted by Crippen LogP contribution is -2.19. The van der Waals surface area contributed by atoms with Crippen molar-refractivity contribution in [3.63, 3.8) is 0 Å². The van der Waals surface area contributed by atoms with Gasteiger partial charge in [-0.15, -0.1) is 0 Å². The number of hydrogen-bond donors (Lipinski definition) is 2. The van der Waals surface area contributed by atoms with Crippen molar-refractivity contribution >= 4 is 11.0 Å². The van der Waals surface area contributed by atoms with Crippen LogP contribution in [0.5, 0.6) is 0 Å². The molecule has 1 unspecified atom stereocenters. The molecule has 0 rings (SSSR count). The summed E-state index contributed by atoms with van der Waals surface area (Å²) in [5.74, 6) is 0.427. The van der Waals surface area contributed by atoms with Crippen LogP contribution in [0.1, 0.15) is 26.7 Å². The highest BCUT2D eigenvalue weighted by Crippen LogP contribution is 2.10. The van der Waals surface area contributed by atoms with Crippen LogP contribution in [0.4, 0.5) is 0 Å². The van der Waals surface area contributed by atoms with Crippen LogP contribution in [0, 0.1) is 5.92 Å². The van der Waals surface area contributed by atoms with Gasteiger partial charge < -0.3 is 5.73 Å². The summed E-state index contributed by atoms with van der Waals surface area (Å²) >= 11 is 0. The molecule has 0 aliphatic carbocycles. The number of rotatable bonds is 6. The van der Waals surface area contributed by atoms with Crippen LogP contribution in [-0.4, -0.2) is 21.1 Å². The summed E-state index contributed by atoms with van der Waals surface area (Å²) in [6, 6.07) is 0. The summed E-state index contributed by atoms with van der Waals surface area (Å²) in [7, 11) is -2.74. The first-order valence-electron chi connectivity index (χ1n) is 4.07. The average Bonchev–Trinajstić information content (AvgIpc) is 1.84. The van der Waals surface area contributed by atoms with Gasteiger partial charge in [-0.1, -0.05) is 13.8 Å². The largest absolute Gasteiger partial charge is 0.330 e. The van der Waals surface area contributed by atoms with E-state index >= 15 is 0 Å². The maximum atomic E-state index is 10.2. The summed E-state index contributed by atoms with van der Waals surface area (Å²) in [6.45, 7) is 4.50. The van der Waals surface area contributed by atoms with Crippen LogP contribution in [0.3, 0.4) is 0 Å². The molecule has 1 atom stereocenters. The van der Waals surface area contributed by atoms with Gasteiger partial charge in [0.25, 0.3) is 11.0 Å². The third-order valence-corrected chi connectivity index (χ3v) is 1.93. The van der Waals surface area contributed by atoms with Crippen molar-refractivity contribution in [3.8, 4) is 0 Å². The minimum Gasteiger partial charge on any atom is -0.330 e. The Morgan fingerprint density at radius 1 is 1.42 bits per heavy atom. The number of hydrogen-bond acceptors (Lipinski definition) is 4. The van der Waals surface area contributed by atoms with Gasteiger partial charge in [-0.25, -0.2) is 8.42 Å². The van der Waals surface area contributed by atoms with Crippen LogP contribution in [-0.2, 0) is 15.2 Å². The summed E-state index contributed by atoms with van der Waals surface area (Å²) in [5, 5.41) is 0. The molecule has 0 saturated heterocycles. The van der Waals surface area contributed by atoms with Gasteiger partial charge in [0.15, 0.2) is 0 Å². The van der Waals surface area contributed by atoms with Gasteiger partial charge in [-0.3, -0.25) is 4.18 Å². The first kappa shape index (κ1) is 11.9. The number of nitrogens with two attached hydrogens (primary N) is 1. The van der Waals surface area contributed by atoms with E-state index in [2.05, 4.69) is 4.18 Å². The molecule has 0 saturated carbocycles. The molecule has 0 heterocycles. The molecule has 0 bridgehead atoms. The van der Waals surface area contributed by atoms with Gasteiger partial charge in [0, 0.05) is 0 Å². The maximum absolute atomic E-state index is 10.2. The van der Waals surface area contributed by atoms with Crippen molar-refractivity contribution in [3.05, 3.63) is 0 Å². The molecular weight excluding hydrogens is 178 g/mol. The van der Waals surface area contributed by atoms with E-state index in [1.54, 1.807) is 0 Å². The second-order valence-electron chi connectivity index (χ2n) is 3.16. The Kier molecular flexibility index (Phi) is 6.32. The van der Waals surface area contributed by atoms with E-state index in [0.29, 0.717) is 18.9 Å². The van der Waals surface area contributed by atoms with Crippen molar-refractivity contribution in [2.45, 2.75) is 32.8 Å². The van der Waals surface area contributed by atoms with Crippen molar-refractivity contribution in [1.82, 2.24) is 0 Å². The quantitative estimate of drug-likeness (QED) is 0.598. The van der Waals surface area contributed by atoms with E-state index in [1.807, 2.05) is 13.8 Å². The van der Waals surface area contributed by atoms with Gasteiger partial charge in [-0.05, 0) is 25.3 Å². The lowest BCUT2D eigenvalue weighted by molar-refractivity contribution is 0.182. The zero-order valence-electron chi connectivity index (χ0n) is 7.53. The molecule has 0 radical (unpaired) electrons. The molecule has 4 nitrogen and oxygen atoms in total. The van der Waals surface area contributed by atoms with Crippen molar-refractivity contribution in [2.24, 2.45) is 11.7 Å². The lowest BCUT2D eigenvalue weighted by Gasteiger charge is -2.14. The molecule has 12 heavy (non-hydrogen) atoms. The van der Waals surface area contributed by atoms with E-state index < -0.39 is 11.0 Å². The minimum absolute atomic E-state index is 0.240. The van der Waals surface area contributed by atoms with Gasteiger partial charge in [-0.2, -0.15) is 0 Å². The zero-order chi connectivity index (χ0) is 9.56. The molecule has 74 valence electrons. The lowest BCUT2D eigenvalue weighted by atomic mass is 10.0. The van der Waals surface area contributed by atoms with Gasteiger partial charge in [0.1, 0.15) is 0 Å². The second kappa shape index (κ2) is 6.39. The van der Waals surface area contributed by atoms with Gasteiger partial charge >= 0.3 is 0 Å². The molecule has 5 heteroatoms.